The topological polar surface area (TPSA) is 25.8 Å². The molecule has 0 aliphatic carbocycles. The lowest BCUT2D eigenvalue weighted by Crippen LogP contribution is -1.93. The summed E-state index contributed by atoms with van der Waals surface area (Å²) in [5.74, 6) is 0.826. The fraction of sp³-hybridized carbons (Fsp3) is 0.565. The van der Waals surface area contributed by atoms with Crippen molar-refractivity contribution >= 4 is 0 Å². The van der Waals surface area contributed by atoms with Crippen molar-refractivity contribution in [3.05, 3.63) is 47.8 Å². The summed E-state index contributed by atoms with van der Waals surface area (Å²) in [6.07, 6.45) is 18.9. The fourth-order valence-electron chi connectivity index (χ4n) is 3.15. The van der Waals surface area contributed by atoms with Crippen LogP contribution in [0.15, 0.2) is 36.7 Å². The number of unbranched alkanes of at least 4 members (excludes halogenated alkanes) is 9. The van der Waals surface area contributed by atoms with E-state index in [1.165, 1.54) is 75.3 Å². The molecule has 0 bridgehead atoms. The van der Waals surface area contributed by atoms with E-state index in [0.717, 1.165) is 17.8 Å². The first-order valence-corrected chi connectivity index (χ1v) is 10.2. The maximum atomic E-state index is 4.53. The average Bonchev–Trinajstić information content (AvgIpc) is 2.64. The highest BCUT2D eigenvalue weighted by atomic mass is 14.9. The molecule has 1 aromatic heterocycles. The highest BCUT2D eigenvalue weighted by Gasteiger charge is 2.01. The largest absolute Gasteiger partial charge is 0.236 e. The van der Waals surface area contributed by atoms with Crippen molar-refractivity contribution in [2.75, 3.05) is 0 Å². The molecule has 2 rings (SSSR count). The lowest BCUT2D eigenvalue weighted by Gasteiger charge is -2.04. The first-order valence-electron chi connectivity index (χ1n) is 10.2. The zero-order valence-corrected chi connectivity index (χ0v) is 16.1. The molecule has 1 aromatic carbocycles. The minimum absolute atomic E-state index is 0.826. The van der Waals surface area contributed by atoms with E-state index < -0.39 is 0 Å². The Labute approximate surface area is 154 Å². The van der Waals surface area contributed by atoms with Gasteiger partial charge in [0.25, 0.3) is 0 Å². The summed E-state index contributed by atoms with van der Waals surface area (Å²) in [6, 6.07) is 8.39. The zero-order chi connectivity index (χ0) is 17.7. The molecular weight excluding hydrogens is 304 g/mol. The van der Waals surface area contributed by atoms with Gasteiger partial charge in [0.15, 0.2) is 5.82 Å². The molecule has 0 unspecified atom stereocenters. The van der Waals surface area contributed by atoms with Crippen molar-refractivity contribution in [2.24, 2.45) is 0 Å². The van der Waals surface area contributed by atoms with Crippen LogP contribution in [-0.4, -0.2) is 9.97 Å². The maximum Gasteiger partial charge on any atom is 0.159 e. The predicted molar refractivity (Wildman–Crippen MR) is 108 cm³/mol. The Kier molecular flexibility index (Phi) is 9.25. The van der Waals surface area contributed by atoms with Crippen molar-refractivity contribution in [2.45, 2.75) is 84.5 Å². The van der Waals surface area contributed by atoms with Crippen LogP contribution >= 0.6 is 0 Å². The van der Waals surface area contributed by atoms with E-state index in [1.807, 2.05) is 12.4 Å². The van der Waals surface area contributed by atoms with Gasteiger partial charge in [-0.15, -0.1) is 0 Å². The van der Waals surface area contributed by atoms with Crippen LogP contribution in [-0.2, 0) is 6.42 Å². The Balaban J connectivity index is 1.58. The summed E-state index contributed by atoms with van der Waals surface area (Å²) in [5.41, 5.74) is 3.62. The number of aryl methyl sites for hydroxylation is 2. The fourth-order valence-corrected chi connectivity index (χ4v) is 3.15. The molecule has 1 heterocycles. The molecule has 25 heavy (non-hydrogen) atoms. The van der Waals surface area contributed by atoms with Crippen molar-refractivity contribution < 1.29 is 0 Å². The molecule has 2 aromatic rings. The van der Waals surface area contributed by atoms with Crippen molar-refractivity contribution in [3.8, 4) is 11.4 Å². The quantitative estimate of drug-likeness (QED) is 0.393. The van der Waals surface area contributed by atoms with Gasteiger partial charge in [0.1, 0.15) is 0 Å². The van der Waals surface area contributed by atoms with Gasteiger partial charge in [-0.2, -0.15) is 0 Å². The van der Waals surface area contributed by atoms with Crippen molar-refractivity contribution in [1.29, 1.82) is 0 Å². The average molecular weight is 339 g/mol. The summed E-state index contributed by atoms with van der Waals surface area (Å²) in [4.78, 5) is 9.06. The van der Waals surface area contributed by atoms with Crippen LogP contribution in [0.5, 0.6) is 0 Å². The molecule has 0 amide bonds. The van der Waals surface area contributed by atoms with E-state index in [2.05, 4.69) is 48.1 Å². The molecule has 0 aliphatic rings. The van der Waals surface area contributed by atoms with E-state index in [4.69, 9.17) is 0 Å². The van der Waals surface area contributed by atoms with Crippen LogP contribution in [0.25, 0.3) is 11.4 Å². The van der Waals surface area contributed by atoms with Crippen molar-refractivity contribution in [1.82, 2.24) is 9.97 Å². The molecule has 0 radical (unpaired) electrons. The highest BCUT2D eigenvalue weighted by Crippen LogP contribution is 2.16. The molecule has 0 fully saturated rings. The Hall–Kier alpha value is -1.70. The summed E-state index contributed by atoms with van der Waals surface area (Å²) in [5, 5.41) is 0. The van der Waals surface area contributed by atoms with Crippen LogP contribution in [0.1, 0.15) is 82.3 Å². The monoisotopic (exact) mass is 338 g/mol. The molecule has 0 saturated carbocycles. The van der Waals surface area contributed by atoms with Gasteiger partial charge >= 0.3 is 0 Å². The van der Waals surface area contributed by atoms with Crippen molar-refractivity contribution in [3.63, 3.8) is 0 Å². The van der Waals surface area contributed by atoms with Crippen LogP contribution < -0.4 is 0 Å². The van der Waals surface area contributed by atoms with E-state index >= 15 is 0 Å². The second-order valence-electron chi connectivity index (χ2n) is 7.21. The minimum atomic E-state index is 0.826. The molecule has 0 atom stereocenters. The summed E-state index contributed by atoms with van der Waals surface area (Å²) in [7, 11) is 0. The molecule has 2 nitrogen and oxygen atoms in total. The molecule has 0 spiro atoms. The molecule has 0 N–H and O–H groups in total. The Morgan fingerprint density at radius 2 is 1.20 bits per heavy atom. The number of rotatable bonds is 12. The third-order valence-corrected chi connectivity index (χ3v) is 4.83. The Morgan fingerprint density at radius 1 is 0.680 bits per heavy atom. The zero-order valence-electron chi connectivity index (χ0n) is 16.1. The SMILES string of the molecule is CCCCCCCCCCCCc1cnc(-c2ccc(C)cc2)nc1. The molecule has 2 heteroatoms. The molecule has 0 aliphatic heterocycles. The van der Waals surface area contributed by atoms with Gasteiger partial charge in [-0.25, -0.2) is 9.97 Å². The number of nitrogens with zero attached hydrogens (tertiary/aromatic N) is 2. The third kappa shape index (κ3) is 7.81. The predicted octanol–water partition coefficient (Wildman–Crippen LogP) is 6.92. The van der Waals surface area contributed by atoms with Gasteiger partial charge in [-0.05, 0) is 25.3 Å². The molecular formula is C23H34N2. The number of hydrogen-bond donors (Lipinski definition) is 0. The van der Waals surface area contributed by atoms with Crippen LogP contribution in [0.2, 0.25) is 0 Å². The van der Waals surface area contributed by atoms with Gasteiger partial charge in [0.2, 0.25) is 0 Å². The third-order valence-electron chi connectivity index (χ3n) is 4.83. The number of hydrogen-bond acceptors (Lipinski definition) is 2. The van der Waals surface area contributed by atoms with E-state index in [9.17, 15) is 0 Å². The normalized spacial score (nSPS) is 11.0. The van der Waals surface area contributed by atoms with Crippen LogP contribution in [0.3, 0.4) is 0 Å². The minimum Gasteiger partial charge on any atom is -0.236 e. The smallest absolute Gasteiger partial charge is 0.159 e. The van der Waals surface area contributed by atoms with Gasteiger partial charge in [-0.1, -0.05) is 94.5 Å². The summed E-state index contributed by atoms with van der Waals surface area (Å²) >= 11 is 0. The molecule has 136 valence electrons. The first-order chi connectivity index (χ1) is 12.3. The van der Waals surface area contributed by atoms with Crippen LogP contribution in [0, 0.1) is 6.92 Å². The summed E-state index contributed by atoms with van der Waals surface area (Å²) < 4.78 is 0. The summed E-state index contributed by atoms with van der Waals surface area (Å²) in [6.45, 7) is 4.38. The Morgan fingerprint density at radius 3 is 1.76 bits per heavy atom. The van der Waals surface area contributed by atoms with E-state index in [1.54, 1.807) is 0 Å². The number of benzene rings is 1. The number of aromatic nitrogens is 2. The Bertz CT molecular complexity index is 572. The first kappa shape index (κ1) is 19.6. The highest BCUT2D eigenvalue weighted by molar-refractivity contribution is 5.54. The van der Waals surface area contributed by atoms with Gasteiger partial charge in [0.05, 0.1) is 0 Å². The van der Waals surface area contributed by atoms with E-state index in [-0.39, 0.29) is 0 Å². The second-order valence-corrected chi connectivity index (χ2v) is 7.21. The standard InChI is InChI=1S/C23H34N2/c1-3-4-5-6-7-8-9-10-11-12-13-21-18-24-23(25-19-21)22-16-14-20(2)15-17-22/h14-19H,3-13H2,1-2H3. The lowest BCUT2D eigenvalue weighted by molar-refractivity contribution is 0.556. The molecule has 0 saturated heterocycles. The maximum absolute atomic E-state index is 4.53. The van der Waals surface area contributed by atoms with Gasteiger partial charge in [0, 0.05) is 18.0 Å². The van der Waals surface area contributed by atoms with E-state index in [0.29, 0.717) is 0 Å². The second kappa shape index (κ2) is 11.8. The lowest BCUT2D eigenvalue weighted by atomic mass is 10.0. The van der Waals surface area contributed by atoms with Crippen LogP contribution in [0.4, 0.5) is 0 Å². The van der Waals surface area contributed by atoms with Gasteiger partial charge in [-0.3, -0.25) is 0 Å². The van der Waals surface area contributed by atoms with Gasteiger partial charge < -0.3 is 0 Å².